The summed E-state index contributed by atoms with van der Waals surface area (Å²) < 4.78 is 5.14. The second kappa shape index (κ2) is 4.86. The molecule has 4 heteroatoms. The van der Waals surface area contributed by atoms with Gasteiger partial charge in [0.15, 0.2) is 0 Å². The van der Waals surface area contributed by atoms with Crippen LogP contribution in [0.15, 0.2) is 30.3 Å². The van der Waals surface area contributed by atoms with Crippen LogP contribution in [-0.2, 0) is 4.79 Å². The highest BCUT2D eigenvalue weighted by atomic mass is 35.5. The van der Waals surface area contributed by atoms with Crippen LogP contribution in [0.1, 0.15) is 18.4 Å². The zero-order valence-corrected chi connectivity index (χ0v) is 10.9. The Labute approximate surface area is 110 Å². The molecule has 2 aromatic rings. The van der Waals surface area contributed by atoms with Crippen molar-refractivity contribution < 1.29 is 14.6 Å². The molecule has 0 saturated heterocycles. The van der Waals surface area contributed by atoms with E-state index in [1.165, 1.54) is 0 Å². The van der Waals surface area contributed by atoms with Crippen LogP contribution in [0.25, 0.3) is 10.8 Å². The Kier molecular flexibility index (Phi) is 3.43. The third-order valence-electron chi connectivity index (χ3n) is 3.03. The summed E-state index contributed by atoms with van der Waals surface area (Å²) in [5.41, 5.74) is 0.760. The van der Waals surface area contributed by atoms with Crippen LogP contribution in [0.2, 0.25) is 5.02 Å². The standard InChI is InChI=1S/C14H13ClO3/c1-8(14(16)17)9-3-5-11-10(7-9)4-6-12(18-2)13(11)15/h3-8H,1-2H3,(H,16,17)/t8-/m1/s1. The third-order valence-corrected chi connectivity index (χ3v) is 3.42. The number of aliphatic carboxylic acids is 1. The lowest BCUT2D eigenvalue weighted by Gasteiger charge is -2.10. The predicted octanol–water partition coefficient (Wildman–Crippen LogP) is 3.69. The van der Waals surface area contributed by atoms with E-state index in [9.17, 15) is 4.79 Å². The molecule has 1 N–H and O–H groups in total. The molecule has 0 aliphatic carbocycles. The predicted molar refractivity (Wildman–Crippen MR) is 71.6 cm³/mol. The molecule has 0 saturated carbocycles. The summed E-state index contributed by atoms with van der Waals surface area (Å²) in [5, 5.41) is 11.3. The van der Waals surface area contributed by atoms with Crippen LogP contribution in [0.3, 0.4) is 0 Å². The van der Waals surface area contributed by atoms with Gasteiger partial charge in [-0.05, 0) is 23.9 Å². The molecule has 3 nitrogen and oxygen atoms in total. The van der Waals surface area contributed by atoms with Crippen LogP contribution < -0.4 is 4.74 Å². The van der Waals surface area contributed by atoms with E-state index in [0.717, 1.165) is 16.3 Å². The number of rotatable bonds is 3. The molecule has 2 aromatic carbocycles. The summed E-state index contributed by atoms with van der Waals surface area (Å²) in [6.07, 6.45) is 0. The number of hydrogen-bond acceptors (Lipinski definition) is 2. The normalized spacial score (nSPS) is 12.4. The maximum Gasteiger partial charge on any atom is 0.310 e. The Bertz CT molecular complexity index is 607. The van der Waals surface area contributed by atoms with Crippen molar-refractivity contribution in [3.63, 3.8) is 0 Å². The van der Waals surface area contributed by atoms with Crippen molar-refractivity contribution in [2.75, 3.05) is 7.11 Å². The number of fused-ring (bicyclic) bond motifs is 1. The molecule has 0 aliphatic rings. The molecule has 0 bridgehead atoms. The zero-order chi connectivity index (χ0) is 13.3. The van der Waals surface area contributed by atoms with E-state index in [1.807, 2.05) is 18.2 Å². The number of benzene rings is 2. The summed E-state index contributed by atoms with van der Waals surface area (Å²) in [5.74, 6) is -0.757. The summed E-state index contributed by atoms with van der Waals surface area (Å²) in [6, 6.07) is 9.11. The van der Waals surface area contributed by atoms with Gasteiger partial charge in [-0.3, -0.25) is 4.79 Å². The number of hydrogen-bond donors (Lipinski definition) is 1. The van der Waals surface area contributed by atoms with Gasteiger partial charge in [-0.15, -0.1) is 0 Å². The molecule has 0 unspecified atom stereocenters. The Morgan fingerprint density at radius 1 is 1.33 bits per heavy atom. The average molecular weight is 265 g/mol. The maximum absolute atomic E-state index is 11.0. The number of carboxylic acids is 1. The molecular formula is C14H13ClO3. The van der Waals surface area contributed by atoms with Crippen LogP contribution in [0.5, 0.6) is 5.75 Å². The molecular weight excluding hydrogens is 252 g/mol. The first-order valence-corrected chi connectivity index (χ1v) is 5.91. The highest BCUT2D eigenvalue weighted by Gasteiger charge is 2.14. The topological polar surface area (TPSA) is 46.5 Å². The Balaban J connectivity index is 2.57. The summed E-state index contributed by atoms with van der Waals surface area (Å²) in [7, 11) is 1.56. The van der Waals surface area contributed by atoms with Crippen molar-refractivity contribution in [1.82, 2.24) is 0 Å². The number of carboxylic acid groups (broad SMARTS) is 1. The summed E-state index contributed by atoms with van der Waals surface area (Å²) >= 11 is 6.19. The van der Waals surface area contributed by atoms with Crippen LogP contribution in [0, 0.1) is 0 Å². The minimum atomic E-state index is -0.839. The molecule has 0 amide bonds. The van der Waals surface area contributed by atoms with Crippen LogP contribution >= 0.6 is 11.6 Å². The smallest absolute Gasteiger partial charge is 0.310 e. The van der Waals surface area contributed by atoms with Crippen molar-refractivity contribution in [3.8, 4) is 5.75 Å². The Morgan fingerprint density at radius 3 is 2.67 bits per heavy atom. The van der Waals surface area contributed by atoms with Gasteiger partial charge in [0.25, 0.3) is 0 Å². The number of methoxy groups -OCH3 is 1. The van der Waals surface area contributed by atoms with Gasteiger partial charge in [0.2, 0.25) is 0 Å². The maximum atomic E-state index is 11.0. The first-order valence-electron chi connectivity index (χ1n) is 5.53. The molecule has 0 fully saturated rings. The van der Waals surface area contributed by atoms with Gasteiger partial charge in [-0.25, -0.2) is 0 Å². The monoisotopic (exact) mass is 264 g/mol. The van der Waals surface area contributed by atoms with Crippen molar-refractivity contribution in [2.24, 2.45) is 0 Å². The third kappa shape index (κ3) is 2.14. The second-order valence-corrected chi connectivity index (χ2v) is 4.50. The molecule has 0 spiro atoms. The molecule has 94 valence electrons. The highest BCUT2D eigenvalue weighted by molar-refractivity contribution is 6.37. The fourth-order valence-corrected chi connectivity index (χ4v) is 2.17. The molecule has 0 radical (unpaired) electrons. The van der Waals surface area contributed by atoms with E-state index in [2.05, 4.69) is 0 Å². The van der Waals surface area contributed by atoms with Gasteiger partial charge in [-0.2, -0.15) is 0 Å². The first kappa shape index (κ1) is 12.7. The highest BCUT2D eigenvalue weighted by Crippen LogP contribution is 2.33. The lowest BCUT2D eigenvalue weighted by molar-refractivity contribution is -0.138. The molecule has 1 atom stereocenters. The lowest BCUT2D eigenvalue weighted by Crippen LogP contribution is -2.07. The minimum absolute atomic E-state index is 0.532. The first-order chi connectivity index (χ1) is 8.54. The van der Waals surface area contributed by atoms with Crippen molar-refractivity contribution in [3.05, 3.63) is 40.9 Å². The SMILES string of the molecule is COc1ccc2cc([C@@H](C)C(=O)O)ccc2c1Cl. The lowest BCUT2D eigenvalue weighted by atomic mass is 9.98. The van der Waals surface area contributed by atoms with Crippen molar-refractivity contribution >= 4 is 28.3 Å². The second-order valence-electron chi connectivity index (χ2n) is 4.12. The average Bonchev–Trinajstić information content (AvgIpc) is 2.37. The number of ether oxygens (including phenoxy) is 1. The number of carbonyl (C=O) groups is 1. The van der Waals surface area contributed by atoms with Gasteiger partial charge >= 0.3 is 5.97 Å². The molecule has 0 aromatic heterocycles. The molecule has 0 heterocycles. The number of halogens is 1. The van der Waals surface area contributed by atoms with Gasteiger partial charge in [0, 0.05) is 5.39 Å². The van der Waals surface area contributed by atoms with E-state index < -0.39 is 11.9 Å². The summed E-state index contributed by atoms with van der Waals surface area (Å²) in [4.78, 5) is 11.0. The zero-order valence-electron chi connectivity index (χ0n) is 10.1. The van der Waals surface area contributed by atoms with Gasteiger partial charge < -0.3 is 9.84 Å². The Morgan fingerprint density at radius 2 is 2.06 bits per heavy atom. The Hall–Kier alpha value is -1.74. The van der Waals surface area contributed by atoms with E-state index in [-0.39, 0.29) is 0 Å². The molecule has 0 aliphatic heterocycles. The van der Waals surface area contributed by atoms with Crippen LogP contribution in [-0.4, -0.2) is 18.2 Å². The van der Waals surface area contributed by atoms with Gasteiger partial charge in [0.05, 0.1) is 18.1 Å². The van der Waals surface area contributed by atoms with Crippen molar-refractivity contribution in [1.29, 1.82) is 0 Å². The quantitative estimate of drug-likeness (QED) is 0.920. The van der Waals surface area contributed by atoms with Gasteiger partial charge in [0.1, 0.15) is 5.75 Å². The van der Waals surface area contributed by atoms with Gasteiger partial charge in [-0.1, -0.05) is 35.9 Å². The largest absolute Gasteiger partial charge is 0.495 e. The van der Waals surface area contributed by atoms with E-state index >= 15 is 0 Å². The van der Waals surface area contributed by atoms with E-state index in [0.29, 0.717) is 10.8 Å². The van der Waals surface area contributed by atoms with E-state index in [4.69, 9.17) is 21.4 Å². The van der Waals surface area contributed by atoms with Crippen molar-refractivity contribution in [2.45, 2.75) is 12.8 Å². The minimum Gasteiger partial charge on any atom is -0.495 e. The van der Waals surface area contributed by atoms with Crippen LogP contribution in [0.4, 0.5) is 0 Å². The fraction of sp³-hybridized carbons (Fsp3) is 0.214. The molecule has 18 heavy (non-hydrogen) atoms. The molecule has 2 rings (SSSR count). The van der Waals surface area contributed by atoms with E-state index in [1.54, 1.807) is 26.2 Å². The fourth-order valence-electron chi connectivity index (χ4n) is 1.86. The summed E-state index contributed by atoms with van der Waals surface area (Å²) in [6.45, 7) is 1.66.